The van der Waals surface area contributed by atoms with E-state index in [9.17, 15) is 0 Å². The Balaban J connectivity index is 1.88. The highest BCUT2D eigenvalue weighted by atomic mass is 16.5. The molecule has 0 bridgehead atoms. The van der Waals surface area contributed by atoms with Crippen molar-refractivity contribution < 1.29 is 4.74 Å². The van der Waals surface area contributed by atoms with Gasteiger partial charge in [0.1, 0.15) is 0 Å². The second-order valence-corrected chi connectivity index (χ2v) is 4.38. The van der Waals surface area contributed by atoms with Gasteiger partial charge in [0.25, 0.3) is 0 Å². The average molecular weight is 183 g/mol. The molecule has 3 atom stereocenters. The summed E-state index contributed by atoms with van der Waals surface area (Å²) in [4.78, 5) is 0. The van der Waals surface area contributed by atoms with Gasteiger partial charge in [0.2, 0.25) is 0 Å². The summed E-state index contributed by atoms with van der Waals surface area (Å²) < 4.78 is 5.47. The Labute approximate surface area is 81.0 Å². The maximum absolute atomic E-state index is 5.47. The molecule has 2 nitrogen and oxygen atoms in total. The minimum atomic E-state index is 0.789. The first-order chi connectivity index (χ1) is 6.42. The van der Waals surface area contributed by atoms with Crippen molar-refractivity contribution in [3.05, 3.63) is 0 Å². The molecule has 0 radical (unpaired) electrons. The van der Waals surface area contributed by atoms with Crippen LogP contribution in [0.25, 0.3) is 0 Å². The van der Waals surface area contributed by atoms with Gasteiger partial charge in [0, 0.05) is 19.3 Å². The Morgan fingerprint density at radius 1 is 1.31 bits per heavy atom. The van der Waals surface area contributed by atoms with Crippen LogP contribution in [0.4, 0.5) is 0 Å². The summed E-state index contributed by atoms with van der Waals surface area (Å²) in [6, 6.07) is 0.789. The maximum Gasteiger partial charge on any atom is 0.0498 e. The molecule has 1 N–H and O–H groups in total. The van der Waals surface area contributed by atoms with Crippen molar-refractivity contribution >= 4 is 0 Å². The molecule has 0 aromatic rings. The lowest BCUT2D eigenvalue weighted by Gasteiger charge is -2.24. The second kappa shape index (κ2) is 4.43. The van der Waals surface area contributed by atoms with Crippen LogP contribution in [0, 0.1) is 11.8 Å². The molecule has 0 amide bonds. The fraction of sp³-hybridized carbons (Fsp3) is 1.00. The van der Waals surface area contributed by atoms with E-state index in [0.29, 0.717) is 0 Å². The first-order valence-corrected chi connectivity index (χ1v) is 5.73. The van der Waals surface area contributed by atoms with Crippen LogP contribution in [0.3, 0.4) is 0 Å². The predicted octanol–water partition coefficient (Wildman–Crippen LogP) is 1.80. The fourth-order valence-corrected chi connectivity index (χ4v) is 2.96. The Hall–Kier alpha value is -0.0800. The number of nitrogens with one attached hydrogen (secondary N) is 1. The van der Waals surface area contributed by atoms with Crippen molar-refractivity contribution in [3.63, 3.8) is 0 Å². The molecule has 0 aromatic carbocycles. The average Bonchev–Trinajstić information content (AvgIpc) is 2.71. The Morgan fingerprint density at radius 2 is 2.23 bits per heavy atom. The first kappa shape index (κ1) is 9.47. The van der Waals surface area contributed by atoms with Gasteiger partial charge in [-0.15, -0.1) is 0 Å². The quantitative estimate of drug-likeness (QED) is 0.720. The molecule has 0 aromatic heterocycles. The van der Waals surface area contributed by atoms with Gasteiger partial charge in [-0.3, -0.25) is 0 Å². The summed E-state index contributed by atoms with van der Waals surface area (Å²) >= 11 is 0. The highest BCUT2D eigenvalue weighted by molar-refractivity contribution is 4.88. The number of ether oxygens (including phenoxy) is 1. The lowest BCUT2D eigenvalue weighted by Crippen LogP contribution is -2.36. The molecule has 2 aliphatic rings. The van der Waals surface area contributed by atoms with Crippen LogP contribution >= 0.6 is 0 Å². The molecule has 0 spiro atoms. The van der Waals surface area contributed by atoms with E-state index < -0.39 is 0 Å². The van der Waals surface area contributed by atoms with Crippen LogP contribution in [-0.4, -0.2) is 25.8 Å². The Morgan fingerprint density at radius 3 is 2.92 bits per heavy atom. The molecule has 1 aliphatic carbocycles. The van der Waals surface area contributed by atoms with Crippen LogP contribution in [0.2, 0.25) is 0 Å². The molecule has 2 heteroatoms. The minimum absolute atomic E-state index is 0.789. The molecule has 2 fully saturated rings. The third kappa shape index (κ3) is 2.05. The molecule has 1 aliphatic heterocycles. The topological polar surface area (TPSA) is 21.3 Å². The van der Waals surface area contributed by atoms with Crippen molar-refractivity contribution in [3.8, 4) is 0 Å². The monoisotopic (exact) mass is 183 g/mol. The number of rotatable bonds is 3. The van der Waals surface area contributed by atoms with E-state index in [2.05, 4.69) is 12.2 Å². The van der Waals surface area contributed by atoms with Gasteiger partial charge in [0.15, 0.2) is 0 Å². The highest BCUT2D eigenvalue weighted by Gasteiger charge is 2.34. The first-order valence-electron chi connectivity index (χ1n) is 5.73. The molecule has 76 valence electrons. The Kier molecular flexibility index (Phi) is 3.23. The number of hydrogen-bond acceptors (Lipinski definition) is 2. The molecular formula is C11H21NO. The van der Waals surface area contributed by atoms with Crippen LogP contribution in [-0.2, 0) is 4.74 Å². The van der Waals surface area contributed by atoms with Crippen molar-refractivity contribution in [2.75, 3.05) is 19.8 Å². The van der Waals surface area contributed by atoms with Crippen molar-refractivity contribution in [1.29, 1.82) is 0 Å². The molecule has 3 unspecified atom stereocenters. The lowest BCUT2D eigenvalue weighted by atomic mass is 9.87. The SMILES string of the molecule is CCNC1CCCC1C1CCOC1. The van der Waals surface area contributed by atoms with E-state index in [1.165, 1.54) is 25.7 Å². The molecule has 13 heavy (non-hydrogen) atoms. The maximum atomic E-state index is 5.47. The predicted molar refractivity (Wildman–Crippen MR) is 53.7 cm³/mol. The zero-order valence-corrected chi connectivity index (χ0v) is 8.59. The smallest absolute Gasteiger partial charge is 0.0498 e. The third-order valence-corrected chi connectivity index (χ3v) is 3.61. The van der Waals surface area contributed by atoms with Crippen molar-refractivity contribution in [2.24, 2.45) is 11.8 Å². The van der Waals surface area contributed by atoms with Crippen LogP contribution < -0.4 is 5.32 Å². The van der Waals surface area contributed by atoms with Gasteiger partial charge in [-0.05, 0) is 37.6 Å². The minimum Gasteiger partial charge on any atom is -0.381 e. The van der Waals surface area contributed by atoms with Crippen LogP contribution in [0.15, 0.2) is 0 Å². The van der Waals surface area contributed by atoms with Gasteiger partial charge in [-0.25, -0.2) is 0 Å². The van der Waals surface area contributed by atoms with Gasteiger partial charge in [-0.2, -0.15) is 0 Å². The largest absolute Gasteiger partial charge is 0.381 e. The van der Waals surface area contributed by atoms with Gasteiger partial charge in [0.05, 0.1) is 0 Å². The van der Waals surface area contributed by atoms with E-state index >= 15 is 0 Å². The number of hydrogen-bond donors (Lipinski definition) is 1. The van der Waals surface area contributed by atoms with Crippen LogP contribution in [0.1, 0.15) is 32.6 Å². The third-order valence-electron chi connectivity index (χ3n) is 3.61. The summed E-state index contributed by atoms with van der Waals surface area (Å²) in [5.74, 6) is 1.76. The van der Waals surface area contributed by atoms with Gasteiger partial charge < -0.3 is 10.1 Å². The summed E-state index contributed by atoms with van der Waals surface area (Å²) in [5, 5.41) is 3.62. The van der Waals surface area contributed by atoms with E-state index in [0.717, 1.165) is 37.6 Å². The normalized spacial score (nSPS) is 39.9. The molecule has 2 rings (SSSR count). The van der Waals surface area contributed by atoms with Crippen molar-refractivity contribution in [1.82, 2.24) is 5.32 Å². The zero-order valence-electron chi connectivity index (χ0n) is 8.59. The molecule has 1 saturated carbocycles. The van der Waals surface area contributed by atoms with Crippen molar-refractivity contribution in [2.45, 2.75) is 38.6 Å². The zero-order chi connectivity index (χ0) is 9.10. The highest BCUT2D eigenvalue weighted by Crippen LogP contribution is 2.35. The van der Waals surface area contributed by atoms with Gasteiger partial charge >= 0.3 is 0 Å². The molecule has 1 heterocycles. The standard InChI is InChI=1S/C11H21NO/c1-2-12-11-5-3-4-10(11)9-6-7-13-8-9/h9-12H,2-8H2,1H3. The lowest BCUT2D eigenvalue weighted by molar-refractivity contribution is 0.166. The summed E-state index contributed by atoms with van der Waals surface area (Å²) in [6.45, 7) is 5.35. The van der Waals surface area contributed by atoms with E-state index in [1.807, 2.05) is 0 Å². The molecular weight excluding hydrogens is 162 g/mol. The van der Waals surface area contributed by atoms with E-state index in [1.54, 1.807) is 0 Å². The Bertz CT molecular complexity index is 154. The van der Waals surface area contributed by atoms with E-state index in [-0.39, 0.29) is 0 Å². The summed E-state index contributed by atoms with van der Waals surface area (Å²) in [6.07, 6.45) is 5.52. The summed E-state index contributed by atoms with van der Waals surface area (Å²) in [7, 11) is 0. The fourth-order valence-electron chi connectivity index (χ4n) is 2.96. The summed E-state index contributed by atoms with van der Waals surface area (Å²) in [5.41, 5.74) is 0. The molecule has 1 saturated heterocycles. The van der Waals surface area contributed by atoms with Gasteiger partial charge in [-0.1, -0.05) is 13.3 Å². The van der Waals surface area contributed by atoms with Crippen LogP contribution in [0.5, 0.6) is 0 Å². The van der Waals surface area contributed by atoms with E-state index in [4.69, 9.17) is 4.74 Å². The second-order valence-electron chi connectivity index (χ2n) is 4.38.